The van der Waals surface area contributed by atoms with Crippen LogP contribution < -0.4 is 5.73 Å². The molecule has 2 N–H and O–H groups in total. The van der Waals surface area contributed by atoms with E-state index in [0.717, 1.165) is 23.5 Å². The molecule has 0 aliphatic carbocycles. The molecule has 4 heteroatoms. The zero-order valence-corrected chi connectivity index (χ0v) is 9.37. The highest BCUT2D eigenvalue weighted by molar-refractivity contribution is 7.98. The van der Waals surface area contributed by atoms with Gasteiger partial charge in [-0.1, -0.05) is 17.7 Å². The van der Waals surface area contributed by atoms with Crippen molar-refractivity contribution in [1.29, 1.82) is 0 Å². The van der Waals surface area contributed by atoms with Crippen LogP contribution in [0, 0.1) is 5.82 Å². The minimum atomic E-state index is -0.344. The van der Waals surface area contributed by atoms with E-state index in [1.54, 1.807) is 17.8 Å². The van der Waals surface area contributed by atoms with Crippen LogP contribution in [0.15, 0.2) is 18.2 Å². The molecule has 0 radical (unpaired) electrons. The standard InChI is InChI=1S/C10H13ClFNS/c11-9-3-2-8(6-10(9)12)7-14-5-1-4-13/h2-3,6H,1,4-5,7,13H2. The van der Waals surface area contributed by atoms with E-state index in [9.17, 15) is 4.39 Å². The van der Waals surface area contributed by atoms with Gasteiger partial charge in [-0.2, -0.15) is 11.8 Å². The van der Waals surface area contributed by atoms with Crippen molar-refractivity contribution in [1.82, 2.24) is 0 Å². The van der Waals surface area contributed by atoms with Crippen molar-refractivity contribution in [2.75, 3.05) is 12.3 Å². The number of benzene rings is 1. The quantitative estimate of drug-likeness (QED) is 0.792. The summed E-state index contributed by atoms with van der Waals surface area (Å²) >= 11 is 7.32. The predicted molar refractivity (Wildman–Crippen MR) is 61.2 cm³/mol. The Morgan fingerprint density at radius 1 is 1.43 bits per heavy atom. The van der Waals surface area contributed by atoms with Gasteiger partial charge in [0.15, 0.2) is 0 Å². The minimum Gasteiger partial charge on any atom is -0.330 e. The van der Waals surface area contributed by atoms with Crippen molar-refractivity contribution >= 4 is 23.4 Å². The van der Waals surface area contributed by atoms with Gasteiger partial charge < -0.3 is 5.73 Å². The fraction of sp³-hybridized carbons (Fsp3) is 0.400. The lowest BCUT2D eigenvalue weighted by atomic mass is 10.2. The van der Waals surface area contributed by atoms with E-state index in [1.807, 2.05) is 6.07 Å². The normalized spacial score (nSPS) is 10.5. The van der Waals surface area contributed by atoms with E-state index in [2.05, 4.69) is 0 Å². The van der Waals surface area contributed by atoms with Gasteiger partial charge in [0.25, 0.3) is 0 Å². The molecule has 0 aliphatic heterocycles. The van der Waals surface area contributed by atoms with E-state index in [0.29, 0.717) is 6.54 Å². The van der Waals surface area contributed by atoms with E-state index in [4.69, 9.17) is 17.3 Å². The van der Waals surface area contributed by atoms with Crippen LogP contribution in [0.3, 0.4) is 0 Å². The average Bonchev–Trinajstić information content (AvgIpc) is 2.18. The number of rotatable bonds is 5. The Labute approximate surface area is 92.8 Å². The monoisotopic (exact) mass is 233 g/mol. The van der Waals surface area contributed by atoms with Gasteiger partial charge in [0.2, 0.25) is 0 Å². The maximum Gasteiger partial charge on any atom is 0.142 e. The summed E-state index contributed by atoms with van der Waals surface area (Å²) in [6.07, 6.45) is 1.00. The number of hydrogen-bond acceptors (Lipinski definition) is 2. The molecule has 1 nitrogen and oxygen atoms in total. The fourth-order valence-corrected chi connectivity index (χ4v) is 2.05. The van der Waals surface area contributed by atoms with Crippen LogP contribution >= 0.6 is 23.4 Å². The number of halogens is 2. The van der Waals surface area contributed by atoms with Crippen molar-refractivity contribution in [2.24, 2.45) is 5.73 Å². The van der Waals surface area contributed by atoms with Crippen LogP contribution in [0.25, 0.3) is 0 Å². The van der Waals surface area contributed by atoms with Crippen molar-refractivity contribution in [2.45, 2.75) is 12.2 Å². The van der Waals surface area contributed by atoms with Gasteiger partial charge in [-0.3, -0.25) is 0 Å². The highest BCUT2D eigenvalue weighted by atomic mass is 35.5. The summed E-state index contributed by atoms with van der Waals surface area (Å²) in [5.74, 6) is 1.48. The van der Waals surface area contributed by atoms with Gasteiger partial charge in [-0.05, 0) is 36.4 Å². The molecule has 14 heavy (non-hydrogen) atoms. The summed E-state index contributed by atoms with van der Waals surface area (Å²) in [7, 11) is 0. The van der Waals surface area contributed by atoms with Gasteiger partial charge >= 0.3 is 0 Å². The summed E-state index contributed by atoms with van der Waals surface area (Å²) < 4.78 is 13.0. The van der Waals surface area contributed by atoms with E-state index < -0.39 is 0 Å². The molecule has 0 bridgehead atoms. The zero-order valence-electron chi connectivity index (χ0n) is 7.80. The third kappa shape index (κ3) is 3.86. The average molecular weight is 234 g/mol. The first-order valence-electron chi connectivity index (χ1n) is 4.46. The Hall–Kier alpha value is -0.250. The first-order valence-corrected chi connectivity index (χ1v) is 5.99. The van der Waals surface area contributed by atoms with Crippen molar-refractivity contribution in [3.05, 3.63) is 34.6 Å². The van der Waals surface area contributed by atoms with Crippen LogP contribution in [-0.4, -0.2) is 12.3 Å². The Morgan fingerprint density at radius 2 is 2.21 bits per heavy atom. The Balaban J connectivity index is 2.39. The minimum absolute atomic E-state index is 0.181. The molecule has 1 rings (SSSR count). The van der Waals surface area contributed by atoms with Crippen LogP contribution in [0.1, 0.15) is 12.0 Å². The van der Waals surface area contributed by atoms with Gasteiger partial charge in [-0.15, -0.1) is 0 Å². The first-order chi connectivity index (χ1) is 6.74. The molecule has 0 spiro atoms. The number of hydrogen-bond donors (Lipinski definition) is 1. The van der Waals surface area contributed by atoms with E-state index in [-0.39, 0.29) is 10.8 Å². The zero-order chi connectivity index (χ0) is 10.4. The van der Waals surface area contributed by atoms with E-state index in [1.165, 1.54) is 6.07 Å². The maximum atomic E-state index is 13.0. The summed E-state index contributed by atoms with van der Waals surface area (Å²) in [5.41, 5.74) is 6.33. The molecule has 78 valence electrons. The Morgan fingerprint density at radius 3 is 2.86 bits per heavy atom. The topological polar surface area (TPSA) is 26.0 Å². The van der Waals surface area contributed by atoms with Crippen molar-refractivity contribution < 1.29 is 4.39 Å². The van der Waals surface area contributed by atoms with E-state index >= 15 is 0 Å². The molecule has 0 aliphatic rings. The SMILES string of the molecule is NCCCSCc1ccc(Cl)c(F)c1. The summed E-state index contributed by atoms with van der Waals surface area (Å²) in [5, 5.41) is 0.181. The highest BCUT2D eigenvalue weighted by Crippen LogP contribution is 2.19. The molecular formula is C10H13ClFNS. The second kappa shape index (κ2) is 6.27. The smallest absolute Gasteiger partial charge is 0.142 e. The van der Waals surface area contributed by atoms with Crippen molar-refractivity contribution in [3.63, 3.8) is 0 Å². The molecule has 0 fully saturated rings. The largest absolute Gasteiger partial charge is 0.330 e. The second-order valence-corrected chi connectivity index (χ2v) is 4.46. The molecular weight excluding hydrogens is 221 g/mol. The molecule has 0 amide bonds. The first kappa shape index (κ1) is 11.8. The lowest BCUT2D eigenvalue weighted by Crippen LogP contribution is -1.99. The van der Waals surface area contributed by atoms with Gasteiger partial charge in [-0.25, -0.2) is 4.39 Å². The molecule has 1 aromatic carbocycles. The highest BCUT2D eigenvalue weighted by Gasteiger charge is 2.00. The van der Waals surface area contributed by atoms with Crippen LogP contribution in [0.4, 0.5) is 4.39 Å². The van der Waals surface area contributed by atoms with Gasteiger partial charge in [0.1, 0.15) is 5.82 Å². The van der Waals surface area contributed by atoms with Crippen LogP contribution in [0.5, 0.6) is 0 Å². The Kier molecular flexibility index (Phi) is 5.30. The summed E-state index contributed by atoms with van der Waals surface area (Å²) in [6.45, 7) is 0.710. The van der Waals surface area contributed by atoms with Crippen molar-refractivity contribution in [3.8, 4) is 0 Å². The fourth-order valence-electron chi connectivity index (χ4n) is 1.00. The molecule has 0 unspecified atom stereocenters. The third-order valence-electron chi connectivity index (χ3n) is 1.75. The summed E-state index contributed by atoms with van der Waals surface area (Å²) in [6, 6.07) is 4.92. The molecule has 0 aromatic heterocycles. The molecule has 0 saturated heterocycles. The van der Waals surface area contributed by atoms with Crippen LogP contribution in [-0.2, 0) is 5.75 Å². The Bertz CT molecular complexity index is 293. The van der Waals surface area contributed by atoms with Gasteiger partial charge in [0.05, 0.1) is 5.02 Å². The lowest BCUT2D eigenvalue weighted by molar-refractivity contribution is 0.627. The number of thioether (sulfide) groups is 1. The second-order valence-electron chi connectivity index (χ2n) is 2.94. The lowest BCUT2D eigenvalue weighted by Gasteiger charge is -2.02. The third-order valence-corrected chi connectivity index (χ3v) is 3.17. The molecule has 0 heterocycles. The van der Waals surface area contributed by atoms with Gasteiger partial charge in [0, 0.05) is 5.75 Å². The predicted octanol–water partition coefficient (Wildman–Crippen LogP) is 3.06. The molecule has 0 saturated carbocycles. The van der Waals surface area contributed by atoms with Crippen LogP contribution in [0.2, 0.25) is 5.02 Å². The summed E-state index contributed by atoms with van der Waals surface area (Å²) in [4.78, 5) is 0. The molecule has 1 aromatic rings. The maximum absolute atomic E-state index is 13.0. The number of nitrogens with two attached hydrogens (primary N) is 1. The molecule has 0 atom stereocenters.